The number of halogens is 1. The van der Waals surface area contributed by atoms with Gasteiger partial charge in [-0.2, -0.15) is 0 Å². The monoisotopic (exact) mass is 266 g/mol. The van der Waals surface area contributed by atoms with Crippen molar-refractivity contribution in [2.75, 3.05) is 13.1 Å². The van der Waals surface area contributed by atoms with Gasteiger partial charge in [0.1, 0.15) is 0 Å². The van der Waals surface area contributed by atoms with Gasteiger partial charge in [-0.3, -0.25) is 4.79 Å². The average Bonchev–Trinajstić information content (AvgIpc) is 2.57. The first-order valence-corrected chi connectivity index (χ1v) is 6.82. The number of amides is 1. The number of hydrogen-bond donors (Lipinski definition) is 2. The maximum Gasteiger partial charge on any atom is 0.253 e. The largest absolute Gasteiger partial charge is 0.348 e. The zero-order valence-electron chi connectivity index (χ0n) is 10.6. The highest BCUT2D eigenvalue weighted by Gasteiger charge is 2.17. The number of hydrogen-bond acceptors (Lipinski definition) is 2. The number of benzene rings is 1. The highest BCUT2D eigenvalue weighted by Crippen LogP contribution is 2.18. The van der Waals surface area contributed by atoms with E-state index < -0.39 is 0 Å². The Labute approximate surface area is 113 Å². The Kier molecular flexibility index (Phi) is 4.61. The Hall–Kier alpha value is -1.06. The molecular formula is C14H19ClN2O. The molecule has 2 rings (SSSR count). The second-order valence-corrected chi connectivity index (χ2v) is 5.26. The average molecular weight is 267 g/mol. The fraction of sp³-hybridized carbons (Fsp3) is 0.500. The molecule has 1 atom stereocenters. The Morgan fingerprint density at radius 1 is 1.44 bits per heavy atom. The number of nitrogens with one attached hydrogen (secondary N) is 2. The van der Waals surface area contributed by atoms with Gasteiger partial charge in [-0.15, -0.1) is 0 Å². The zero-order valence-corrected chi connectivity index (χ0v) is 11.4. The molecule has 1 aromatic rings. The molecule has 2 N–H and O–H groups in total. The minimum Gasteiger partial charge on any atom is -0.348 e. The molecule has 98 valence electrons. The molecule has 1 heterocycles. The smallest absolute Gasteiger partial charge is 0.253 e. The molecule has 0 saturated carbocycles. The van der Waals surface area contributed by atoms with E-state index in [9.17, 15) is 4.79 Å². The Bertz CT molecular complexity index is 426. The maximum absolute atomic E-state index is 12.1. The Morgan fingerprint density at radius 3 is 3.06 bits per heavy atom. The van der Waals surface area contributed by atoms with Crippen molar-refractivity contribution >= 4 is 17.5 Å². The van der Waals surface area contributed by atoms with E-state index >= 15 is 0 Å². The fourth-order valence-electron chi connectivity index (χ4n) is 2.21. The van der Waals surface area contributed by atoms with E-state index in [-0.39, 0.29) is 11.9 Å². The summed E-state index contributed by atoms with van der Waals surface area (Å²) in [6, 6.07) is 5.72. The van der Waals surface area contributed by atoms with Crippen LogP contribution in [0.4, 0.5) is 0 Å². The van der Waals surface area contributed by atoms with Gasteiger partial charge in [0.05, 0.1) is 10.6 Å². The van der Waals surface area contributed by atoms with E-state index in [0.29, 0.717) is 10.6 Å². The third-order valence-corrected chi connectivity index (χ3v) is 3.56. The predicted octanol–water partition coefficient (Wildman–Crippen LogP) is 2.52. The molecule has 3 nitrogen and oxygen atoms in total. The van der Waals surface area contributed by atoms with Crippen molar-refractivity contribution in [3.63, 3.8) is 0 Å². The molecule has 1 aromatic carbocycles. The van der Waals surface area contributed by atoms with Crippen LogP contribution in [0.25, 0.3) is 0 Å². The van der Waals surface area contributed by atoms with E-state index in [1.807, 2.05) is 19.1 Å². The summed E-state index contributed by atoms with van der Waals surface area (Å²) in [6.07, 6.45) is 3.36. The summed E-state index contributed by atoms with van der Waals surface area (Å²) in [5.74, 6) is -0.0753. The van der Waals surface area contributed by atoms with Gasteiger partial charge in [0, 0.05) is 12.6 Å². The summed E-state index contributed by atoms with van der Waals surface area (Å²) in [5.41, 5.74) is 1.62. The summed E-state index contributed by atoms with van der Waals surface area (Å²) >= 11 is 6.10. The molecule has 4 heteroatoms. The summed E-state index contributed by atoms with van der Waals surface area (Å²) in [5, 5.41) is 6.90. The summed E-state index contributed by atoms with van der Waals surface area (Å²) < 4.78 is 0. The van der Waals surface area contributed by atoms with Crippen molar-refractivity contribution in [2.45, 2.75) is 32.2 Å². The lowest BCUT2D eigenvalue weighted by Gasteiger charge is -2.17. The normalized spacial score (nSPS) is 20.2. The molecule has 1 saturated heterocycles. The Balaban J connectivity index is 2.02. The van der Waals surface area contributed by atoms with Gasteiger partial charge < -0.3 is 10.6 Å². The van der Waals surface area contributed by atoms with Gasteiger partial charge in [-0.1, -0.05) is 24.1 Å². The van der Waals surface area contributed by atoms with E-state index in [4.69, 9.17) is 11.6 Å². The lowest BCUT2D eigenvalue weighted by Crippen LogP contribution is -2.40. The molecule has 1 aliphatic rings. The van der Waals surface area contributed by atoms with Crippen molar-refractivity contribution in [3.05, 3.63) is 34.3 Å². The van der Waals surface area contributed by atoms with Crippen molar-refractivity contribution in [3.8, 4) is 0 Å². The fourth-order valence-corrected chi connectivity index (χ4v) is 2.53. The van der Waals surface area contributed by atoms with E-state index in [1.165, 1.54) is 6.42 Å². The van der Waals surface area contributed by atoms with Gasteiger partial charge in [0.25, 0.3) is 5.91 Å². The molecule has 1 amide bonds. The molecule has 1 fully saturated rings. The lowest BCUT2D eigenvalue weighted by atomic mass is 10.1. The summed E-state index contributed by atoms with van der Waals surface area (Å²) in [6.45, 7) is 3.84. The van der Waals surface area contributed by atoms with Gasteiger partial charge in [0.2, 0.25) is 0 Å². The molecule has 0 aromatic heterocycles. The van der Waals surface area contributed by atoms with E-state index in [2.05, 4.69) is 10.6 Å². The maximum atomic E-state index is 12.1. The highest BCUT2D eigenvalue weighted by molar-refractivity contribution is 6.33. The van der Waals surface area contributed by atoms with Crippen LogP contribution in [0.1, 0.15) is 35.2 Å². The molecule has 0 bridgehead atoms. The van der Waals surface area contributed by atoms with Crippen LogP contribution in [-0.2, 0) is 0 Å². The quantitative estimate of drug-likeness (QED) is 0.864. The standard InChI is InChI=1S/C14H19ClN2O/c1-10-5-6-12(13(15)8-10)14(18)17-11-4-2-3-7-16-9-11/h5-6,8,11,16H,2-4,7,9H2,1H3,(H,17,18). The third-order valence-electron chi connectivity index (χ3n) is 3.25. The highest BCUT2D eigenvalue weighted by atomic mass is 35.5. The van der Waals surface area contributed by atoms with Gasteiger partial charge in [0.15, 0.2) is 0 Å². The second kappa shape index (κ2) is 6.21. The first-order valence-electron chi connectivity index (χ1n) is 6.44. The molecule has 18 heavy (non-hydrogen) atoms. The van der Waals surface area contributed by atoms with Crippen LogP contribution in [0.3, 0.4) is 0 Å². The number of rotatable bonds is 2. The van der Waals surface area contributed by atoms with Gasteiger partial charge in [-0.05, 0) is 44.0 Å². The molecule has 1 aliphatic heterocycles. The summed E-state index contributed by atoms with van der Waals surface area (Å²) in [7, 11) is 0. The van der Waals surface area contributed by atoms with Crippen LogP contribution in [-0.4, -0.2) is 25.0 Å². The first-order chi connectivity index (χ1) is 8.66. The van der Waals surface area contributed by atoms with Crippen LogP contribution < -0.4 is 10.6 Å². The molecular weight excluding hydrogens is 248 g/mol. The SMILES string of the molecule is Cc1ccc(C(=O)NC2CCCCNC2)c(Cl)c1. The molecule has 0 spiro atoms. The second-order valence-electron chi connectivity index (χ2n) is 4.85. The number of carbonyl (C=O) groups is 1. The summed E-state index contributed by atoms with van der Waals surface area (Å²) in [4.78, 5) is 12.1. The number of aryl methyl sites for hydroxylation is 1. The zero-order chi connectivity index (χ0) is 13.0. The van der Waals surface area contributed by atoms with Crippen molar-refractivity contribution in [2.24, 2.45) is 0 Å². The van der Waals surface area contributed by atoms with Crippen molar-refractivity contribution < 1.29 is 4.79 Å². The van der Waals surface area contributed by atoms with Crippen molar-refractivity contribution in [1.29, 1.82) is 0 Å². The van der Waals surface area contributed by atoms with Crippen molar-refractivity contribution in [1.82, 2.24) is 10.6 Å². The molecule has 0 radical (unpaired) electrons. The van der Waals surface area contributed by atoms with Gasteiger partial charge >= 0.3 is 0 Å². The minimum atomic E-state index is -0.0753. The van der Waals surface area contributed by atoms with Crippen LogP contribution >= 0.6 is 11.6 Å². The van der Waals surface area contributed by atoms with E-state index in [1.54, 1.807) is 6.07 Å². The predicted molar refractivity (Wildman–Crippen MR) is 74.2 cm³/mol. The van der Waals surface area contributed by atoms with Crippen LogP contribution in [0.2, 0.25) is 5.02 Å². The molecule has 0 aliphatic carbocycles. The first kappa shape index (κ1) is 13.4. The lowest BCUT2D eigenvalue weighted by molar-refractivity contribution is 0.0935. The third kappa shape index (κ3) is 3.47. The van der Waals surface area contributed by atoms with Crippen LogP contribution in [0.15, 0.2) is 18.2 Å². The van der Waals surface area contributed by atoms with E-state index in [0.717, 1.165) is 31.5 Å². The van der Waals surface area contributed by atoms with Crippen LogP contribution in [0, 0.1) is 6.92 Å². The Morgan fingerprint density at radius 2 is 2.28 bits per heavy atom. The molecule has 1 unspecified atom stereocenters. The van der Waals surface area contributed by atoms with Gasteiger partial charge in [-0.25, -0.2) is 0 Å². The van der Waals surface area contributed by atoms with Crippen LogP contribution in [0.5, 0.6) is 0 Å². The topological polar surface area (TPSA) is 41.1 Å². The number of carbonyl (C=O) groups excluding carboxylic acids is 1. The minimum absolute atomic E-state index is 0.0753.